The van der Waals surface area contributed by atoms with Gasteiger partial charge >= 0.3 is 12.1 Å². The minimum absolute atomic E-state index is 0.0771. The number of carbonyl (C=O) groups excluding carboxylic acids is 1. The third-order valence-corrected chi connectivity index (χ3v) is 3.08. The second kappa shape index (κ2) is 8.28. The Morgan fingerprint density at radius 2 is 1.83 bits per heavy atom. The molecule has 0 fully saturated rings. The summed E-state index contributed by atoms with van der Waals surface area (Å²) in [7, 11) is 0. The van der Waals surface area contributed by atoms with Crippen molar-refractivity contribution in [2.24, 2.45) is 0 Å². The summed E-state index contributed by atoms with van der Waals surface area (Å²) in [5, 5.41) is 9.66. The van der Waals surface area contributed by atoms with E-state index in [1.54, 1.807) is 17.4 Å². The van der Waals surface area contributed by atoms with Crippen LogP contribution in [-0.4, -0.2) is 28.8 Å². The number of benzene rings is 1. The van der Waals surface area contributed by atoms with Crippen molar-refractivity contribution < 1.29 is 22.7 Å². The molecule has 0 aliphatic rings. The number of amides is 1. The van der Waals surface area contributed by atoms with E-state index in [2.05, 4.69) is 10.2 Å². The quantitative estimate of drug-likeness (QED) is 0.788. The van der Waals surface area contributed by atoms with Gasteiger partial charge in [0.15, 0.2) is 0 Å². The van der Waals surface area contributed by atoms with E-state index in [4.69, 9.17) is 4.74 Å². The highest BCUT2D eigenvalue weighted by atomic mass is 19.4. The molecule has 1 aromatic carbocycles. The highest BCUT2D eigenvalue weighted by Gasteiger charge is 2.38. The van der Waals surface area contributed by atoms with Crippen LogP contribution < -0.4 is 10.1 Å². The van der Waals surface area contributed by atoms with Gasteiger partial charge in [-0.25, -0.2) is 0 Å². The van der Waals surface area contributed by atoms with Crippen LogP contribution in [0.5, 0.6) is 5.88 Å². The van der Waals surface area contributed by atoms with E-state index in [1.807, 2.05) is 30.3 Å². The summed E-state index contributed by atoms with van der Waals surface area (Å²) in [4.78, 5) is 10.6. The standard InChI is InChI=1S/C16H16F3N3O2/c17-16(18,19)15(23)20-10-4-7-13-8-9-14(22-21-13)24-11-12-5-2-1-3-6-12/h1-3,5-6,8-9H,4,7,10-11H2,(H,20,23). The number of alkyl halides is 3. The molecule has 24 heavy (non-hydrogen) atoms. The van der Waals surface area contributed by atoms with E-state index in [0.717, 1.165) is 5.56 Å². The largest absolute Gasteiger partial charge is 0.472 e. The van der Waals surface area contributed by atoms with Gasteiger partial charge < -0.3 is 10.1 Å². The minimum atomic E-state index is -4.85. The molecule has 128 valence electrons. The van der Waals surface area contributed by atoms with E-state index < -0.39 is 12.1 Å². The molecule has 0 saturated heterocycles. The van der Waals surface area contributed by atoms with Crippen molar-refractivity contribution in [2.45, 2.75) is 25.6 Å². The fraction of sp³-hybridized carbons (Fsp3) is 0.312. The van der Waals surface area contributed by atoms with Crippen molar-refractivity contribution in [3.8, 4) is 5.88 Å². The maximum absolute atomic E-state index is 12.0. The number of ether oxygens (including phenoxy) is 1. The molecule has 0 aliphatic heterocycles. The highest BCUT2D eigenvalue weighted by Crippen LogP contribution is 2.14. The molecule has 2 rings (SSSR count). The molecule has 0 unspecified atom stereocenters. The van der Waals surface area contributed by atoms with Crippen molar-refractivity contribution in [3.05, 3.63) is 53.7 Å². The maximum atomic E-state index is 12.0. The molecular weight excluding hydrogens is 323 g/mol. The Labute approximate surface area is 136 Å². The average molecular weight is 339 g/mol. The van der Waals surface area contributed by atoms with Crippen LogP contribution in [0.25, 0.3) is 0 Å². The molecule has 1 N–H and O–H groups in total. The number of halogens is 3. The summed E-state index contributed by atoms with van der Waals surface area (Å²) >= 11 is 0. The second-order valence-corrected chi connectivity index (χ2v) is 4.99. The average Bonchev–Trinajstić information content (AvgIpc) is 2.58. The summed E-state index contributed by atoms with van der Waals surface area (Å²) in [6, 6.07) is 12.9. The van der Waals surface area contributed by atoms with Gasteiger partial charge in [0.05, 0.1) is 5.69 Å². The van der Waals surface area contributed by atoms with Gasteiger partial charge in [-0.3, -0.25) is 4.79 Å². The molecule has 5 nitrogen and oxygen atoms in total. The second-order valence-electron chi connectivity index (χ2n) is 4.99. The molecule has 1 amide bonds. The Morgan fingerprint density at radius 1 is 1.08 bits per heavy atom. The normalized spacial score (nSPS) is 11.1. The van der Waals surface area contributed by atoms with E-state index in [9.17, 15) is 18.0 Å². The molecule has 2 aromatic rings. The summed E-state index contributed by atoms with van der Waals surface area (Å²) in [5.41, 5.74) is 1.62. The number of rotatable bonds is 7. The fourth-order valence-electron chi connectivity index (χ4n) is 1.86. The van der Waals surface area contributed by atoms with Crippen molar-refractivity contribution >= 4 is 5.91 Å². The summed E-state index contributed by atoms with van der Waals surface area (Å²) in [6.45, 7) is 0.296. The smallest absolute Gasteiger partial charge is 0.471 e. The Morgan fingerprint density at radius 3 is 2.46 bits per heavy atom. The predicted octanol–water partition coefficient (Wildman–Crippen LogP) is 2.67. The van der Waals surface area contributed by atoms with E-state index in [0.29, 0.717) is 31.0 Å². The fourth-order valence-corrected chi connectivity index (χ4v) is 1.86. The van der Waals surface area contributed by atoms with Gasteiger partial charge in [0.1, 0.15) is 6.61 Å². The Bertz CT molecular complexity index is 646. The van der Waals surface area contributed by atoms with Gasteiger partial charge in [-0.05, 0) is 24.5 Å². The minimum Gasteiger partial charge on any atom is -0.472 e. The number of aryl methyl sites for hydroxylation is 1. The van der Waals surface area contributed by atoms with Gasteiger partial charge in [0.25, 0.3) is 0 Å². The first-order chi connectivity index (χ1) is 11.4. The number of nitrogens with zero attached hydrogens (tertiary/aromatic N) is 2. The molecular formula is C16H16F3N3O2. The van der Waals surface area contributed by atoms with Gasteiger partial charge in [0.2, 0.25) is 5.88 Å². The Hall–Kier alpha value is -2.64. The number of nitrogens with one attached hydrogen (secondary N) is 1. The van der Waals surface area contributed by atoms with E-state index >= 15 is 0 Å². The lowest BCUT2D eigenvalue weighted by Crippen LogP contribution is -2.37. The van der Waals surface area contributed by atoms with Crippen molar-refractivity contribution in [1.29, 1.82) is 0 Å². The highest BCUT2D eigenvalue weighted by molar-refractivity contribution is 5.81. The lowest BCUT2D eigenvalue weighted by Gasteiger charge is -2.07. The zero-order valence-corrected chi connectivity index (χ0v) is 12.7. The first kappa shape index (κ1) is 17.7. The monoisotopic (exact) mass is 339 g/mol. The first-order valence-corrected chi connectivity index (χ1v) is 7.29. The van der Waals surface area contributed by atoms with Gasteiger partial charge in [-0.2, -0.15) is 18.3 Å². The number of hydrogen-bond donors (Lipinski definition) is 1. The Kier molecular flexibility index (Phi) is 6.11. The lowest BCUT2D eigenvalue weighted by atomic mass is 10.2. The molecule has 0 spiro atoms. The number of aromatic nitrogens is 2. The molecule has 0 atom stereocenters. The van der Waals surface area contributed by atoms with Crippen LogP contribution in [0.3, 0.4) is 0 Å². The SMILES string of the molecule is O=C(NCCCc1ccc(OCc2ccccc2)nn1)C(F)(F)F. The third-order valence-electron chi connectivity index (χ3n) is 3.08. The van der Waals surface area contributed by atoms with Gasteiger partial charge in [-0.1, -0.05) is 30.3 Å². The van der Waals surface area contributed by atoms with Crippen molar-refractivity contribution in [2.75, 3.05) is 6.54 Å². The molecule has 0 bridgehead atoms. The maximum Gasteiger partial charge on any atom is 0.471 e. The van der Waals surface area contributed by atoms with Crippen LogP contribution in [0.4, 0.5) is 13.2 Å². The summed E-state index contributed by atoms with van der Waals surface area (Å²) in [6.07, 6.45) is -4.11. The molecule has 0 aliphatic carbocycles. The zero-order valence-electron chi connectivity index (χ0n) is 12.7. The van der Waals surface area contributed by atoms with Crippen LogP contribution in [0.1, 0.15) is 17.7 Å². The van der Waals surface area contributed by atoms with Crippen molar-refractivity contribution in [3.63, 3.8) is 0 Å². The van der Waals surface area contributed by atoms with E-state index in [-0.39, 0.29) is 6.54 Å². The number of carbonyl (C=O) groups is 1. The Balaban J connectivity index is 1.71. The third kappa shape index (κ3) is 5.86. The number of hydrogen-bond acceptors (Lipinski definition) is 4. The molecule has 1 aromatic heterocycles. The van der Waals surface area contributed by atoms with Crippen LogP contribution in [0.15, 0.2) is 42.5 Å². The summed E-state index contributed by atoms with van der Waals surface area (Å²) < 4.78 is 41.5. The zero-order chi connectivity index (χ0) is 17.4. The topological polar surface area (TPSA) is 64.1 Å². The van der Waals surface area contributed by atoms with Crippen molar-refractivity contribution in [1.82, 2.24) is 15.5 Å². The van der Waals surface area contributed by atoms with Crippen LogP contribution >= 0.6 is 0 Å². The molecule has 0 radical (unpaired) electrons. The molecule has 1 heterocycles. The molecule has 8 heteroatoms. The first-order valence-electron chi connectivity index (χ1n) is 7.29. The predicted molar refractivity (Wildman–Crippen MR) is 80.2 cm³/mol. The lowest BCUT2D eigenvalue weighted by molar-refractivity contribution is -0.173. The van der Waals surface area contributed by atoms with Gasteiger partial charge in [0, 0.05) is 12.6 Å². The summed E-state index contributed by atoms with van der Waals surface area (Å²) in [5.74, 6) is -1.56. The van der Waals surface area contributed by atoms with Crippen LogP contribution in [-0.2, 0) is 17.8 Å². The van der Waals surface area contributed by atoms with Crippen LogP contribution in [0, 0.1) is 0 Å². The van der Waals surface area contributed by atoms with E-state index in [1.165, 1.54) is 0 Å². The van der Waals surface area contributed by atoms with Gasteiger partial charge in [-0.15, -0.1) is 5.10 Å². The van der Waals surface area contributed by atoms with Crippen LogP contribution in [0.2, 0.25) is 0 Å². The molecule has 0 saturated carbocycles.